The number of nitrogens with zero attached hydrogens (tertiary/aromatic N) is 2. The Morgan fingerprint density at radius 2 is 1.59 bits per heavy atom. The predicted octanol–water partition coefficient (Wildman–Crippen LogP) is 6.72. The molecule has 0 aliphatic heterocycles. The van der Waals surface area contributed by atoms with Gasteiger partial charge in [0.05, 0.1) is 17.5 Å². The van der Waals surface area contributed by atoms with Gasteiger partial charge in [0.2, 0.25) is 21.8 Å². The number of benzene rings is 3. The van der Waals surface area contributed by atoms with Crippen LogP contribution in [0.5, 0.6) is 0 Å². The van der Waals surface area contributed by atoms with Gasteiger partial charge >= 0.3 is 6.18 Å². The molecule has 0 unspecified atom stereocenters. The first-order valence-electron chi connectivity index (χ1n) is 13.9. The van der Waals surface area contributed by atoms with E-state index in [1.165, 1.54) is 11.0 Å². The molecule has 0 aliphatic rings. The van der Waals surface area contributed by atoms with Gasteiger partial charge in [-0.1, -0.05) is 72.6 Å². The van der Waals surface area contributed by atoms with E-state index in [9.17, 15) is 31.2 Å². The molecule has 0 bridgehead atoms. The second-order valence-corrected chi connectivity index (χ2v) is 12.9. The zero-order chi connectivity index (χ0) is 32.5. The Bertz CT molecular complexity index is 1520. The van der Waals surface area contributed by atoms with Crippen molar-refractivity contribution in [3.63, 3.8) is 0 Å². The molecule has 0 saturated carbocycles. The van der Waals surface area contributed by atoms with Crippen molar-refractivity contribution in [2.75, 3.05) is 23.7 Å². The molecule has 44 heavy (non-hydrogen) atoms. The van der Waals surface area contributed by atoms with Gasteiger partial charge in [0, 0.05) is 48.1 Å². The Balaban J connectivity index is 1.93. The SMILES string of the molecule is CCCNC(=O)[C@@H](Cc1ccccc1)N(Cc1c(Cl)cccc1Cl)C(=O)CCCN(c1cccc(C(F)(F)F)c1)S(C)(=O)=O. The quantitative estimate of drug-likeness (QED) is 0.206. The summed E-state index contributed by atoms with van der Waals surface area (Å²) in [6, 6.07) is 17.1. The average Bonchev–Trinajstić information content (AvgIpc) is 2.96. The summed E-state index contributed by atoms with van der Waals surface area (Å²) >= 11 is 12.9. The molecule has 0 aromatic heterocycles. The molecule has 1 atom stereocenters. The van der Waals surface area contributed by atoms with Crippen LogP contribution in [0, 0.1) is 0 Å². The van der Waals surface area contributed by atoms with Crippen LogP contribution in [0.3, 0.4) is 0 Å². The summed E-state index contributed by atoms with van der Waals surface area (Å²) < 4.78 is 66.0. The number of carbonyl (C=O) groups excluding carboxylic acids is 2. The molecule has 0 spiro atoms. The summed E-state index contributed by atoms with van der Waals surface area (Å²) in [7, 11) is -4.00. The van der Waals surface area contributed by atoms with Crippen LogP contribution in [-0.4, -0.2) is 50.5 Å². The van der Waals surface area contributed by atoms with E-state index in [0.717, 1.165) is 34.3 Å². The van der Waals surface area contributed by atoms with Crippen molar-refractivity contribution < 1.29 is 31.2 Å². The van der Waals surface area contributed by atoms with Crippen molar-refractivity contribution >= 4 is 50.7 Å². The number of rotatable bonds is 14. The summed E-state index contributed by atoms with van der Waals surface area (Å²) in [6.07, 6.45) is -3.17. The molecule has 0 saturated heterocycles. The maximum atomic E-state index is 13.9. The fourth-order valence-corrected chi connectivity index (χ4v) is 6.09. The normalized spacial score (nSPS) is 12.4. The molecule has 0 aliphatic carbocycles. The van der Waals surface area contributed by atoms with E-state index >= 15 is 0 Å². The smallest absolute Gasteiger partial charge is 0.354 e. The minimum atomic E-state index is -4.66. The van der Waals surface area contributed by atoms with Crippen molar-refractivity contribution in [2.45, 2.75) is 51.4 Å². The number of nitrogens with one attached hydrogen (secondary N) is 1. The van der Waals surface area contributed by atoms with Crippen LogP contribution in [-0.2, 0) is 38.8 Å². The molecule has 3 rings (SSSR count). The van der Waals surface area contributed by atoms with Gasteiger partial charge in [0.1, 0.15) is 6.04 Å². The van der Waals surface area contributed by atoms with Crippen LogP contribution in [0.1, 0.15) is 42.9 Å². The Kier molecular flexibility index (Phi) is 12.5. The molecule has 2 amide bonds. The van der Waals surface area contributed by atoms with Crippen LogP contribution in [0.25, 0.3) is 0 Å². The molecule has 0 radical (unpaired) electrons. The maximum absolute atomic E-state index is 13.9. The second-order valence-electron chi connectivity index (χ2n) is 10.2. The highest BCUT2D eigenvalue weighted by atomic mass is 35.5. The van der Waals surface area contributed by atoms with E-state index in [0.29, 0.717) is 28.6 Å². The zero-order valence-electron chi connectivity index (χ0n) is 24.3. The maximum Gasteiger partial charge on any atom is 0.416 e. The van der Waals surface area contributed by atoms with Crippen LogP contribution in [0.15, 0.2) is 72.8 Å². The topological polar surface area (TPSA) is 86.8 Å². The first-order chi connectivity index (χ1) is 20.7. The molecule has 7 nitrogen and oxygen atoms in total. The lowest BCUT2D eigenvalue weighted by Gasteiger charge is -2.32. The molecular weight excluding hydrogens is 638 g/mol. The first-order valence-corrected chi connectivity index (χ1v) is 16.5. The standard InChI is InChI=1S/C31H34Cl2F3N3O4S/c1-3-17-37-30(41)28(19-22-10-5-4-6-11-22)38(21-25-26(32)14-8-15-27(25)33)29(40)16-9-18-39(44(2,42)43)24-13-7-12-23(20-24)31(34,35)36/h4-8,10-15,20,28H,3,9,16-19,21H2,1-2H3,(H,37,41)/t28-/m1/s1. The monoisotopic (exact) mass is 671 g/mol. The largest absolute Gasteiger partial charge is 0.416 e. The Morgan fingerprint density at radius 1 is 0.955 bits per heavy atom. The number of hydrogen-bond acceptors (Lipinski definition) is 4. The molecule has 0 heterocycles. The van der Waals surface area contributed by atoms with E-state index < -0.39 is 33.7 Å². The van der Waals surface area contributed by atoms with Gasteiger partial charge < -0.3 is 10.2 Å². The average molecular weight is 673 g/mol. The predicted molar refractivity (Wildman–Crippen MR) is 167 cm³/mol. The van der Waals surface area contributed by atoms with Crippen molar-refractivity contribution in [3.05, 3.63) is 99.5 Å². The summed E-state index contributed by atoms with van der Waals surface area (Å²) in [5.41, 5.74) is 0.0759. The fraction of sp³-hybridized carbons (Fsp3) is 0.355. The third-order valence-corrected chi connectivity index (χ3v) is 8.73. The minimum Gasteiger partial charge on any atom is -0.354 e. The van der Waals surface area contributed by atoms with Crippen molar-refractivity contribution in [2.24, 2.45) is 0 Å². The number of anilines is 1. The third kappa shape index (κ3) is 9.87. The highest BCUT2D eigenvalue weighted by Crippen LogP contribution is 2.32. The van der Waals surface area contributed by atoms with Crippen LogP contribution in [0.4, 0.5) is 18.9 Å². The summed E-state index contributed by atoms with van der Waals surface area (Å²) in [5, 5.41) is 3.46. The lowest BCUT2D eigenvalue weighted by molar-refractivity contribution is -0.141. The van der Waals surface area contributed by atoms with Gasteiger partial charge in [-0.3, -0.25) is 13.9 Å². The minimum absolute atomic E-state index is 0.0382. The van der Waals surface area contributed by atoms with Crippen molar-refractivity contribution in [1.82, 2.24) is 10.2 Å². The van der Waals surface area contributed by atoms with Crippen LogP contribution >= 0.6 is 23.2 Å². The third-order valence-electron chi connectivity index (χ3n) is 6.82. The van der Waals surface area contributed by atoms with Gasteiger partial charge in [0.25, 0.3) is 0 Å². The van der Waals surface area contributed by atoms with Gasteiger partial charge in [-0.25, -0.2) is 8.42 Å². The second kappa shape index (κ2) is 15.6. The van der Waals surface area contributed by atoms with Gasteiger partial charge in [-0.2, -0.15) is 13.2 Å². The summed E-state index contributed by atoms with van der Waals surface area (Å²) in [6.45, 7) is 1.92. The Labute approximate surface area is 266 Å². The van der Waals surface area contributed by atoms with E-state index in [1.807, 2.05) is 37.3 Å². The van der Waals surface area contributed by atoms with E-state index in [-0.39, 0.29) is 43.9 Å². The Morgan fingerprint density at radius 3 is 2.18 bits per heavy atom. The highest BCUT2D eigenvalue weighted by Gasteiger charge is 2.33. The molecule has 13 heteroatoms. The van der Waals surface area contributed by atoms with Gasteiger partial charge in [-0.05, 0) is 48.7 Å². The van der Waals surface area contributed by atoms with Crippen molar-refractivity contribution in [3.8, 4) is 0 Å². The summed E-state index contributed by atoms with van der Waals surface area (Å²) in [4.78, 5) is 28.7. The molecule has 3 aromatic rings. The number of sulfonamides is 1. The lowest BCUT2D eigenvalue weighted by atomic mass is 10.0. The Hall–Kier alpha value is -3.28. The first kappa shape index (κ1) is 35.2. The number of amides is 2. The molecule has 0 fully saturated rings. The molecule has 1 N–H and O–H groups in total. The van der Waals surface area contributed by atoms with Gasteiger partial charge in [-0.15, -0.1) is 0 Å². The highest BCUT2D eigenvalue weighted by molar-refractivity contribution is 7.92. The fourth-order valence-electron chi connectivity index (χ4n) is 4.61. The van der Waals surface area contributed by atoms with E-state index in [2.05, 4.69) is 5.32 Å². The summed E-state index contributed by atoms with van der Waals surface area (Å²) in [5.74, 6) is -0.861. The molecule has 238 valence electrons. The van der Waals surface area contributed by atoms with Gasteiger partial charge in [0.15, 0.2) is 0 Å². The zero-order valence-corrected chi connectivity index (χ0v) is 26.6. The number of hydrogen-bond donors (Lipinski definition) is 1. The molecule has 3 aromatic carbocycles. The number of carbonyl (C=O) groups is 2. The number of alkyl halides is 3. The van der Waals surface area contributed by atoms with E-state index in [4.69, 9.17) is 23.2 Å². The lowest BCUT2D eigenvalue weighted by Crippen LogP contribution is -2.50. The van der Waals surface area contributed by atoms with E-state index in [1.54, 1.807) is 18.2 Å². The van der Waals surface area contributed by atoms with Crippen molar-refractivity contribution in [1.29, 1.82) is 0 Å². The van der Waals surface area contributed by atoms with Crippen LogP contribution in [0.2, 0.25) is 10.0 Å². The molecular formula is C31H34Cl2F3N3O4S. The van der Waals surface area contributed by atoms with Crippen LogP contribution < -0.4 is 9.62 Å². The number of halogens is 5.